The zero-order chi connectivity index (χ0) is 9.78. The normalized spacial score (nSPS) is 13.2. The van der Waals surface area contributed by atoms with Crippen molar-refractivity contribution in [3.8, 4) is 0 Å². The molecule has 0 fully saturated rings. The lowest BCUT2D eigenvalue weighted by molar-refractivity contribution is -0.724. The first-order chi connectivity index (χ1) is 5.43. The molecule has 0 saturated carbocycles. The minimum Gasteiger partial charge on any atom is -0.569 e. The molecule has 5 nitrogen and oxygen atoms in total. The summed E-state index contributed by atoms with van der Waals surface area (Å²) in [6, 6.07) is 0. The van der Waals surface area contributed by atoms with Gasteiger partial charge in [0, 0.05) is 0 Å². The Balaban J connectivity index is 4.44. The van der Waals surface area contributed by atoms with Crippen molar-refractivity contribution in [2.75, 3.05) is 6.54 Å². The highest BCUT2D eigenvalue weighted by Crippen LogP contribution is 2.13. The number of rotatable bonds is 3. The van der Waals surface area contributed by atoms with E-state index in [4.69, 9.17) is 5.21 Å². The van der Waals surface area contributed by atoms with Crippen molar-refractivity contribution in [1.82, 2.24) is 5.01 Å². The Kier molecular flexibility index (Phi) is 3.79. The van der Waals surface area contributed by atoms with Crippen LogP contribution < -0.4 is 0 Å². The second kappa shape index (κ2) is 4.13. The van der Waals surface area contributed by atoms with Crippen LogP contribution in [0.25, 0.3) is 0 Å². The largest absolute Gasteiger partial charge is 0.569 e. The molecule has 0 heterocycles. The van der Waals surface area contributed by atoms with Crippen molar-refractivity contribution < 1.29 is 10.2 Å². The second-order valence-corrected chi connectivity index (χ2v) is 3.64. The Morgan fingerprint density at radius 1 is 1.50 bits per heavy atom. The van der Waals surface area contributed by atoms with Gasteiger partial charge < -0.3 is 10.4 Å². The molecule has 0 aliphatic carbocycles. The van der Waals surface area contributed by atoms with E-state index in [2.05, 4.69) is 5.28 Å². The van der Waals surface area contributed by atoms with E-state index in [1.165, 1.54) is 5.01 Å². The first-order valence-electron chi connectivity index (χ1n) is 4.03. The van der Waals surface area contributed by atoms with E-state index in [1.807, 2.05) is 27.7 Å². The standard InChI is InChI=1S/C7H17N3O2/c1-5-6-9(7(2,3)4)10(12)8-11/h11H,5-6H2,1-4H3. The molecule has 0 bridgehead atoms. The first-order valence-corrected chi connectivity index (χ1v) is 4.03. The van der Waals surface area contributed by atoms with E-state index in [0.29, 0.717) is 6.54 Å². The summed E-state index contributed by atoms with van der Waals surface area (Å²) in [5.74, 6) is 0. The Labute approximate surface area is 72.8 Å². The molecule has 0 aromatic carbocycles. The SMILES string of the molecule is CCCN([N+]([O-])=NO)C(C)(C)C. The third-order valence-corrected chi connectivity index (χ3v) is 1.49. The van der Waals surface area contributed by atoms with Gasteiger partial charge >= 0.3 is 0 Å². The van der Waals surface area contributed by atoms with Crippen LogP contribution in [0.2, 0.25) is 0 Å². The monoisotopic (exact) mass is 175 g/mol. The van der Waals surface area contributed by atoms with Gasteiger partial charge in [0.2, 0.25) is 5.28 Å². The van der Waals surface area contributed by atoms with Gasteiger partial charge in [-0.3, -0.25) is 0 Å². The summed E-state index contributed by atoms with van der Waals surface area (Å²) in [5.41, 5.74) is -0.315. The molecule has 0 aromatic rings. The first kappa shape index (κ1) is 11.0. The van der Waals surface area contributed by atoms with Gasteiger partial charge in [-0.05, 0) is 27.2 Å². The van der Waals surface area contributed by atoms with Crippen LogP contribution in [0.1, 0.15) is 34.1 Å². The van der Waals surface area contributed by atoms with E-state index in [0.717, 1.165) is 6.42 Å². The van der Waals surface area contributed by atoms with Gasteiger partial charge in [0.1, 0.15) is 0 Å². The summed E-state index contributed by atoms with van der Waals surface area (Å²) in [6.45, 7) is 8.21. The average molecular weight is 175 g/mol. The van der Waals surface area contributed by atoms with Crippen LogP contribution in [-0.4, -0.2) is 27.3 Å². The number of hydrogen-bond donors (Lipinski definition) is 1. The van der Waals surface area contributed by atoms with Gasteiger partial charge in [-0.2, -0.15) is 0 Å². The smallest absolute Gasteiger partial charge is 0.230 e. The number of nitrogens with zero attached hydrogens (tertiary/aromatic N) is 3. The summed E-state index contributed by atoms with van der Waals surface area (Å²) in [7, 11) is 0. The molecule has 72 valence electrons. The maximum Gasteiger partial charge on any atom is 0.230 e. The van der Waals surface area contributed by atoms with Gasteiger partial charge in [0.05, 0.1) is 17.1 Å². The number of hydrazine groups is 1. The molecule has 0 rings (SSSR count). The fourth-order valence-electron chi connectivity index (χ4n) is 0.938. The zero-order valence-corrected chi connectivity index (χ0v) is 8.11. The van der Waals surface area contributed by atoms with Gasteiger partial charge in [-0.15, -0.1) is 5.01 Å². The van der Waals surface area contributed by atoms with Crippen LogP contribution >= 0.6 is 0 Å². The minimum absolute atomic E-state index is 0.226. The summed E-state index contributed by atoms with van der Waals surface area (Å²) in [6.07, 6.45) is 0.839. The van der Waals surface area contributed by atoms with Crippen molar-refractivity contribution >= 4 is 0 Å². The quantitative estimate of drug-likeness (QED) is 0.404. The summed E-state index contributed by atoms with van der Waals surface area (Å²) in [4.78, 5) is 0.226. The van der Waals surface area contributed by atoms with E-state index in [1.54, 1.807) is 0 Å². The predicted molar refractivity (Wildman–Crippen MR) is 44.6 cm³/mol. The molecule has 0 aromatic heterocycles. The van der Waals surface area contributed by atoms with Crippen LogP contribution in [0.4, 0.5) is 0 Å². The van der Waals surface area contributed by atoms with Gasteiger partial charge in [0.15, 0.2) is 0 Å². The lowest BCUT2D eigenvalue weighted by Gasteiger charge is -2.29. The van der Waals surface area contributed by atoms with Crippen molar-refractivity contribution in [2.45, 2.75) is 39.7 Å². The highest BCUT2D eigenvalue weighted by molar-refractivity contribution is 4.68. The summed E-state index contributed by atoms with van der Waals surface area (Å²) in [5, 5.41) is 23.3. The summed E-state index contributed by atoms with van der Waals surface area (Å²) < 4.78 is 0. The van der Waals surface area contributed by atoms with Crippen LogP contribution in [0.15, 0.2) is 5.28 Å². The third-order valence-electron chi connectivity index (χ3n) is 1.49. The average Bonchev–Trinajstić information content (AvgIpc) is 1.96. The fraction of sp³-hybridized carbons (Fsp3) is 1.00. The van der Waals surface area contributed by atoms with Gasteiger partial charge in [-0.1, -0.05) is 6.92 Å². The van der Waals surface area contributed by atoms with Crippen molar-refractivity contribution in [3.05, 3.63) is 5.21 Å². The number of hydrogen-bond acceptors (Lipinski definition) is 2. The Bertz CT molecular complexity index is 163. The molecule has 0 saturated heterocycles. The molecule has 0 aliphatic heterocycles. The molecule has 0 atom stereocenters. The topological polar surface area (TPSA) is 61.9 Å². The molecule has 0 unspecified atom stereocenters. The van der Waals surface area contributed by atoms with Crippen molar-refractivity contribution in [2.24, 2.45) is 5.28 Å². The molecule has 12 heavy (non-hydrogen) atoms. The van der Waals surface area contributed by atoms with E-state index in [-0.39, 0.29) is 10.5 Å². The van der Waals surface area contributed by atoms with E-state index in [9.17, 15) is 5.21 Å². The second-order valence-electron chi connectivity index (χ2n) is 3.64. The molecule has 0 amide bonds. The highest BCUT2D eigenvalue weighted by atomic mass is 16.6. The van der Waals surface area contributed by atoms with Gasteiger partial charge in [-0.25, -0.2) is 0 Å². The predicted octanol–water partition coefficient (Wildman–Crippen LogP) is 1.76. The van der Waals surface area contributed by atoms with E-state index >= 15 is 0 Å². The molecular formula is C7H17N3O2. The molecular weight excluding hydrogens is 158 g/mol. The summed E-state index contributed by atoms with van der Waals surface area (Å²) >= 11 is 0. The van der Waals surface area contributed by atoms with Crippen molar-refractivity contribution in [3.63, 3.8) is 0 Å². The van der Waals surface area contributed by atoms with Crippen LogP contribution in [0.3, 0.4) is 0 Å². The molecule has 5 heteroatoms. The lowest BCUT2D eigenvalue weighted by atomic mass is 10.1. The fourth-order valence-corrected chi connectivity index (χ4v) is 0.938. The third kappa shape index (κ3) is 2.94. The lowest BCUT2D eigenvalue weighted by Crippen LogP contribution is -2.46. The molecule has 0 radical (unpaired) electrons. The minimum atomic E-state index is -0.315. The zero-order valence-electron chi connectivity index (χ0n) is 8.11. The maximum absolute atomic E-state index is 11.0. The molecule has 0 aliphatic rings. The molecule has 1 N–H and O–H groups in total. The Morgan fingerprint density at radius 2 is 2.00 bits per heavy atom. The Morgan fingerprint density at radius 3 is 2.25 bits per heavy atom. The van der Waals surface area contributed by atoms with Crippen LogP contribution in [0, 0.1) is 5.21 Å². The maximum atomic E-state index is 11.0. The highest BCUT2D eigenvalue weighted by Gasteiger charge is 2.27. The van der Waals surface area contributed by atoms with Crippen molar-refractivity contribution in [1.29, 1.82) is 0 Å². The molecule has 0 spiro atoms. The Hall–Kier alpha value is -1.00. The van der Waals surface area contributed by atoms with E-state index < -0.39 is 0 Å². The van der Waals surface area contributed by atoms with Crippen LogP contribution in [-0.2, 0) is 0 Å². The van der Waals surface area contributed by atoms with Crippen LogP contribution in [0.5, 0.6) is 0 Å². The van der Waals surface area contributed by atoms with Gasteiger partial charge in [0.25, 0.3) is 0 Å².